The van der Waals surface area contributed by atoms with E-state index in [9.17, 15) is 38.4 Å². The first-order valence-corrected chi connectivity index (χ1v) is 38.5. The van der Waals surface area contributed by atoms with Crippen LogP contribution in [0, 0.1) is 29.1 Å². The highest BCUT2D eigenvalue weighted by atomic mass is 35.6. The fourth-order valence-electron chi connectivity index (χ4n) is 13.8. The summed E-state index contributed by atoms with van der Waals surface area (Å²) in [5.74, 6) is -11.5. The number of nitrogens with one attached hydrogen (secondary N) is 1. The molecule has 0 radical (unpaired) electrons. The van der Waals surface area contributed by atoms with Crippen molar-refractivity contribution >= 4 is 88.5 Å². The summed E-state index contributed by atoms with van der Waals surface area (Å²) in [6, 6.07) is 64.0. The molecule has 4 heterocycles. The lowest BCUT2D eigenvalue weighted by atomic mass is 9.88. The second kappa shape index (κ2) is 39.3. The van der Waals surface area contributed by atoms with Crippen LogP contribution in [0.5, 0.6) is 0 Å². The summed E-state index contributed by atoms with van der Waals surface area (Å²) < 4.78 is 102. The van der Waals surface area contributed by atoms with Gasteiger partial charge in [0.25, 0.3) is 3.79 Å². The third-order valence-electron chi connectivity index (χ3n) is 20.2. The number of halogens is 3. The molecule has 8 aromatic carbocycles. The van der Waals surface area contributed by atoms with Crippen molar-refractivity contribution in [2.45, 2.75) is 143 Å². The Kier molecular flexibility index (Phi) is 28.7. The zero-order chi connectivity index (χ0) is 81.3. The number of esters is 8. The summed E-state index contributed by atoms with van der Waals surface area (Å²) in [4.78, 5) is 115. The van der Waals surface area contributed by atoms with Crippen LogP contribution in [0.4, 0.5) is 0 Å². The Labute approximate surface area is 678 Å². The first-order valence-electron chi connectivity index (χ1n) is 37.4. The number of alkyl halides is 3. The van der Waals surface area contributed by atoms with E-state index in [0.29, 0.717) is 6.42 Å². The Bertz CT molecular complexity index is 4580. The number of benzene rings is 8. The smallest absolute Gasteiger partial charge is 0.338 e. The minimum Gasteiger partial charge on any atom is -0.454 e. The van der Waals surface area contributed by atoms with Crippen LogP contribution in [0.1, 0.15) is 124 Å². The van der Waals surface area contributed by atoms with Gasteiger partial charge in [-0.25, -0.2) is 38.4 Å². The van der Waals surface area contributed by atoms with Gasteiger partial charge in [0.1, 0.15) is 18.3 Å². The molecule has 0 aromatic heterocycles. The van der Waals surface area contributed by atoms with Crippen molar-refractivity contribution in [3.8, 4) is 0 Å². The molecular formula is C87H84Cl3NO24. The molecule has 115 heavy (non-hydrogen) atoms. The van der Waals surface area contributed by atoms with Gasteiger partial charge in [-0.1, -0.05) is 215 Å². The number of rotatable bonds is 27. The SMILES string of the molecule is CC[C@H]1O[C@@H](OC[C@H]2O[C@@H](OC[C@H]3O[C@@H](OC[C@H]4OC(OC(=N)C(Cl)(Cl)Cl)[C@H](OC(=O)c5ccccc5)[C@@H](OC(=O)c5ccccc5)[C@@H]4C)[C@H](OC(=O)c4ccccc4)[C@@H](OC(=O)c4ccccc4)[C@@H]3C)[C@H](OC(=O)c3ccccc3)[C@@H](OC(=O)c3ccccc3)[C@@H]2C)[C@H](OC(=O)c2ccccc2)[C@@H](OC(=O)c2ccccc2)[C@@H]1C. The van der Waals surface area contributed by atoms with E-state index < -0.39 is 199 Å². The molecule has 28 heteroatoms. The molecule has 8 aromatic rings. The van der Waals surface area contributed by atoms with Crippen LogP contribution in [0.3, 0.4) is 0 Å². The van der Waals surface area contributed by atoms with Gasteiger partial charge in [0.2, 0.25) is 18.3 Å². The number of hydrogen-bond donors (Lipinski definition) is 1. The van der Waals surface area contributed by atoms with Gasteiger partial charge in [-0.2, -0.15) is 0 Å². The van der Waals surface area contributed by atoms with Gasteiger partial charge in [-0.3, -0.25) is 5.41 Å². The molecule has 1 N–H and O–H groups in total. The Morgan fingerprint density at radius 1 is 0.278 bits per heavy atom. The Balaban J connectivity index is 0.912. The average Bonchev–Trinajstić information content (AvgIpc) is 0.778. The van der Waals surface area contributed by atoms with Crippen LogP contribution >= 0.6 is 34.8 Å². The molecule has 4 saturated heterocycles. The van der Waals surface area contributed by atoms with Crippen molar-refractivity contribution < 1.29 is 114 Å². The highest BCUT2D eigenvalue weighted by Crippen LogP contribution is 2.41. The topological polar surface area (TPSA) is 308 Å². The Morgan fingerprint density at radius 2 is 0.452 bits per heavy atom. The monoisotopic (exact) mass is 1630 g/mol. The van der Waals surface area contributed by atoms with Crippen molar-refractivity contribution in [2.75, 3.05) is 19.8 Å². The standard InChI is InChI=1S/C87H84Cl3NO24/c1-6-62-50(2)66(107-74(92)54-31-15-7-16-32-54)70(111-78(96)58-39-23-11-24-40-58)82(103-62)100-47-63-51(3)67(108-75(93)55-33-17-8-18-34-55)71(112-79(97)59-41-25-12-26-42-59)83(104-63)101-48-64-52(4)68(109-76(94)56-35-19-9-20-36-56)72(113-80(98)60-43-27-13-28-44-60)84(105-64)102-49-65-53(5)69(110-77(95)57-37-21-10-22-38-57)73(85(106-65)115-86(91)87(88,89)90)114-81(99)61-45-29-14-30-46-61/h7-46,50-53,62-73,82-85,91H,6,47-49H2,1-5H3/t50-,51-,52-,53-,62-,63-,64-,65-,66+,67+,68+,69+,70-,71-,72-,73-,82-,83-,84-,85?/m1/s1. The number of ether oxygens (including phenoxy) is 16. The molecule has 4 fully saturated rings. The lowest BCUT2D eigenvalue weighted by molar-refractivity contribution is -0.333. The van der Waals surface area contributed by atoms with Crippen LogP contribution in [-0.2, 0) is 75.8 Å². The van der Waals surface area contributed by atoms with E-state index in [4.69, 9.17) is 116 Å². The summed E-state index contributed by atoms with van der Waals surface area (Å²) in [7, 11) is 0. The lowest BCUT2D eigenvalue weighted by Gasteiger charge is -2.47. The minimum absolute atomic E-state index is 0.0675. The second-order valence-corrected chi connectivity index (χ2v) is 30.1. The van der Waals surface area contributed by atoms with Gasteiger partial charge < -0.3 is 75.8 Å². The molecule has 12 rings (SSSR count). The van der Waals surface area contributed by atoms with E-state index >= 15 is 0 Å². The first-order chi connectivity index (χ1) is 55.5. The van der Waals surface area contributed by atoms with Gasteiger partial charge in [-0.05, 0) is 103 Å². The lowest BCUT2D eigenvalue weighted by Crippen LogP contribution is -2.62. The maximum Gasteiger partial charge on any atom is 0.338 e. The molecular weight excluding hydrogens is 1550 g/mol. The highest BCUT2D eigenvalue weighted by molar-refractivity contribution is 6.76. The van der Waals surface area contributed by atoms with E-state index in [1.807, 2.05) is 6.92 Å². The van der Waals surface area contributed by atoms with E-state index in [-0.39, 0.29) is 44.5 Å². The normalized spacial score (nSPS) is 27.2. The summed E-state index contributed by atoms with van der Waals surface area (Å²) in [5, 5.41) is 8.76. The zero-order valence-corrected chi connectivity index (χ0v) is 65.2. The zero-order valence-electron chi connectivity index (χ0n) is 62.9. The van der Waals surface area contributed by atoms with Crippen molar-refractivity contribution in [1.82, 2.24) is 0 Å². The molecule has 0 saturated carbocycles. The third kappa shape index (κ3) is 21.2. The van der Waals surface area contributed by atoms with E-state index in [0.717, 1.165) is 0 Å². The largest absolute Gasteiger partial charge is 0.454 e. The predicted octanol–water partition coefficient (Wildman–Crippen LogP) is 14.1. The molecule has 0 bridgehead atoms. The molecule has 0 amide bonds. The molecule has 4 aliphatic rings. The fourth-order valence-corrected chi connectivity index (χ4v) is 13.9. The predicted molar refractivity (Wildman–Crippen MR) is 414 cm³/mol. The van der Waals surface area contributed by atoms with Gasteiger partial charge in [0.05, 0.1) is 88.7 Å². The average molecular weight is 1630 g/mol. The van der Waals surface area contributed by atoms with Crippen LogP contribution in [0.15, 0.2) is 243 Å². The van der Waals surface area contributed by atoms with Crippen LogP contribution in [0.2, 0.25) is 0 Å². The number of carbonyl (C=O) groups is 8. The highest BCUT2D eigenvalue weighted by Gasteiger charge is 2.57. The van der Waals surface area contributed by atoms with Crippen LogP contribution < -0.4 is 0 Å². The van der Waals surface area contributed by atoms with Gasteiger partial charge >= 0.3 is 47.8 Å². The van der Waals surface area contributed by atoms with Crippen molar-refractivity contribution in [2.24, 2.45) is 23.7 Å². The van der Waals surface area contributed by atoms with Gasteiger partial charge in [0, 0.05) is 23.7 Å². The summed E-state index contributed by atoms with van der Waals surface area (Å²) in [6.45, 7) is 6.87. The fraction of sp³-hybridized carbons (Fsp3) is 0.345. The van der Waals surface area contributed by atoms with Crippen molar-refractivity contribution in [1.29, 1.82) is 5.41 Å². The molecule has 20 atom stereocenters. The number of carbonyl (C=O) groups excluding carboxylic acids is 8. The molecule has 0 aliphatic carbocycles. The van der Waals surface area contributed by atoms with E-state index in [1.165, 1.54) is 72.8 Å². The van der Waals surface area contributed by atoms with Crippen LogP contribution in [0.25, 0.3) is 0 Å². The maximum absolute atomic E-state index is 14.7. The third-order valence-corrected chi connectivity index (χ3v) is 20.7. The Hall–Kier alpha value is -10.4. The molecule has 602 valence electrons. The molecule has 25 nitrogen and oxygen atoms in total. The summed E-state index contributed by atoms with van der Waals surface area (Å²) >= 11 is 18.7. The van der Waals surface area contributed by atoms with Gasteiger partial charge in [0.15, 0.2) is 43.3 Å². The molecule has 1 unspecified atom stereocenters. The van der Waals surface area contributed by atoms with E-state index in [2.05, 4.69) is 0 Å². The molecule has 0 spiro atoms. The second-order valence-electron chi connectivity index (χ2n) is 27.8. The summed E-state index contributed by atoms with van der Waals surface area (Å²) in [6.07, 6.45) is -23.3. The quantitative estimate of drug-likeness (QED) is 0.0164. The van der Waals surface area contributed by atoms with Crippen LogP contribution in [-0.4, -0.2) is 176 Å². The summed E-state index contributed by atoms with van der Waals surface area (Å²) in [5.41, 5.74) is 0.934. The molecule has 4 aliphatic heterocycles. The minimum atomic E-state index is -2.53. The van der Waals surface area contributed by atoms with Crippen molar-refractivity contribution in [3.63, 3.8) is 0 Å². The Morgan fingerprint density at radius 3 is 0.652 bits per heavy atom. The number of hydrogen-bond acceptors (Lipinski definition) is 25. The first kappa shape index (κ1) is 84.0. The van der Waals surface area contributed by atoms with E-state index in [1.54, 1.807) is 198 Å². The maximum atomic E-state index is 14.7. The van der Waals surface area contributed by atoms with Crippen molar-refractivity contribution in [3.05, 3.63) is 287 Å². The van der Waals surface area contributed by atoms with Gasteiger partial charge in [-0.15, -0.1) is 0 Å².